The fraction of sp³-hybridized carbons (Fsp3) is 0.0556. The number of thiocarbonyl (C=S) groups is 1. The molecule has 0 bridgehead atoms. The fourth-order valence-corrected chi connectivity index (χ4v) is 2.81. The molecule has 4 nitrogen and oxygen atoms in total. The quantitative estimate of drug-likeness (QED) is 0.518. The van der Waals surface area contributed by atoms with Gasteiger partial charge in [-0.2, -0.15) is 0 Å². The van der Waals surface area contributed by atoms with Gasteiger partial charge in [0.1, 0.15) is 5.70 Å². The van der Waals surface area contributed by atoms with Crippen molar-refractivity contribution in [3.63, 3.8) is 0 Å². The van der Waals surface area contributed by atoms with E-state index in [-0.39, 0.29) is 22.5 Å². The number of benzene rings is 2. The standard InChI is InChI=1S/C18H13ClN2O2S/c1-11-4-2-3-5-15(11)21-17(23)14(20-18(21)24)10-16(22)12-6-8-13(19)9-7-12/h2-10H,1H3,(H,20,24)/b14-10-. The molecule has 0 radical (unpaired) electrons. The number of halogens is 1. The Labute approximate surface area is 149 Å². The van der Waals surface area contributed by atoms with Crippen molar-refractivity contribution >= 4 is 46.3 Å². The van der Waals surface area contributed by atoms with Gasteiger partial charge in [0.2, 0.25) is 0 Å². The molecule has 0 spiro atoms. The minimum atomic E-state index is -0.350. The highest BCUT2D eigenvalue weighted by atomic mass is 35.5. The zero-order chi connectivity index (χ0) is 17.3. The highest BCUT2D eigenvalue weighted by molar-refractivity contribution is 7.80. The van der Waals surface area contributed by atoms with Gasteiger partial charge in [-0.05, 0) is 55.0 Å². The third-order valence-corrected chi connectivity index (χ3v) is 4.18. The molecule has 1 aliphatic rings. The van der Waals surface area contributed by atoms with Crippen molar-refractivity contribution in [2.75, 3.05) is 4.90 Å². The number of nitrogens with zero attached hydrogens (tertiary/aromatic N) is 1. The smallest absolute Gasteiger partial charge is 0.281 e. The van der Waals surface area contributed by atoms with Crippen LogP contribution in [0.4, 0.5) is 5.69 Å². The topological polar surface area (TPSA) is 49.4 Å². The summed E-state index contributed by atoms with van der Waals surface area (Å²) in [5, 5.41) is 3.61. The van der Waals surface area contributed by atoms with Crippen LogP contribution in [0, 0.1) is 6.92 Å². The molecule has 1 saturated heterocycles. The number of hydrogen-bond acceptors (Lipinski definition) is 3. The van der Waals surface area contributed by atoms with Crippen LogP contribution in [0.15, 0.2) is 60.3 Å². The number of anilines is 1. The normalized spacial score (nSPS) is 15.8. The highest BCUT2D eigenvalue weighted by Crippen LogP contribution is 2.25. The number of carbonyl (C=O) groups is 2. The van der Waals surface area contributed by atoms with Crippen molar-refractivity contribution in [1.29, 1.82) is 0 Å². The molecule has 1 aliphatic heterocycles. The van der Waals surface area contributed by atoms with Gasteiger partial charge in [0, 0.05) is 16.7 Å². The number of para-hydroxylation sites is 1. The molecule has 0 unspecified atom stereocenters. The average Bonchev–Trinajstić information content (AvgIpc) is 2.83. The van der Waals surface area contributed by atoms with Gasteiger partial charge in [0.25, 0.3) is 5.91 Å². The second-order valence-corrected chi connectivity index (χ2v) is 6.11. The lowest BCUT2D eigenvalue weighted by molar-refractivity contribution is -0.113. The Balaban J connectivity index is 1.90. The lowest BCUT2D eigenvalue weighted by Gasteiger charge is -2.16. The van der Waals surface area contributed by atoms with Gasteiger partial charge in [0.15, 0.2) is 10.9 Å². The van der Waals surface area contributed by atoms with Crippen molar-refractivity contribution in [2.24, 2.45) is 0 Å². The molecule has 2 aromatic rings. The largest absolute Gasteiger partial charge is 0.327 e. The van der Waals surface area contributed by atoms with Crippen LogP contribution in [-0.4, -0.2) is 16.8 Å². The van der Waals surface area contributed by atoms with E-state index in [0.717, 1.165) is 5.56 Å². The molecule has 0 saturated carbocycles. The van der Waals surface area contributed by atoms with Gasteiger partial charge >= 0.3 is 0 Å². The third kappa shape index (κ3) is 3.09. The van der Waals surface area contributed by atoms with E-state index in [1.54, 1.807) is 24.3 Å². The number of carbonyl (C=O) groups excluding carboxylic acids is 2. The first-order valence-electron chi connectivity index (χ1n) is 7.20. The number of nitrogens with one attached hydrogen (secondary N) is 1. The molecule has 0 aromatic heterocycles. The zero-order valence-corrected chi connectivity index (χ0v) is 14.3. The fourth-order valence-electron chi connectivity index (χ4n) is 2.40. The first-order chi connectivity index (χ1) is 11.5. The second-order valence-electron chi connectivity index (χ2n) is 5.29. The maximum Gasteiger partial charge on any atom is 0.281 e. The van der Waals surface area contributed by atoms with E-state index in [2.05, 4.69) is 5.32 Å². The Morgan fingerprint density at radius 1 is 1.17 bits per heavy atom. The van der Waals surface area contributed by atoms with Gasteiger partial charge in [0.05, 0.1) is 5.69 Å². The molecular formula is C18H13ClN2O2S. The van der Waals surface area contributed by atoms with Gasteiger partial charge in [-0.3, -0.25) is 14.5 Å². The van der Waals surface area contributed by atoms with Gasteiger partial charge in [-0.15, -0.1) is 0 Å². The molecular weight excluding hydrogens is 344 g/mol. The summed E-state index contributed by atoms with van der Waals surface area (Å²) < 4.78 is 0. The predicted octanol–water partition coefficient (Wildman–Crippen LogP) is 3.64. The lowest BCUT2D eigenvalue weighted by atomic mass is 10.1. The average molecular weight is 357 g/mol. The van der Waals surface area contributed by atoms with Gasteiger partial charge in [-0.25, -0.2) is 0 Å². The van der Waals surface area contributed by atoms with E-state index < -0.39 is 0 Å². The number of aryl methyl sites for hydroxylation is 1. The number of allylic oxidation sites excluding steroid dienone is 1. The Kier molecular flexibility index (Phi) is 4.46. The van der Waals surface area contributed by atoms with Crippen LogP contribution in [-0.2, 0) is 4.79 Å². The van der Waals surface area contributed by atoms with Crippen LogP contribution in [0.1, 0.15) is 15.9 Å². The molecule has 1 fully saturated rings. The van der Waals surface area contributed by atoms with Crippen molar-refractivity contribution in [3.8, 4) is 0 Å². The van der Waals surface area contributed by atoms with E-state index in [1.165, 1.54) is 11.0 Å². The minimum absolute atomic E-state index is 0.156. The molecule has 0 atom stereocenters. The van der Waals surface area contributed by atoms with Crippen LogP contribution in [0.5, 0.6) is 0 Å². The maximum absolute atomic E-state index is 12.6. The number of ketones is 1. The van der Waals surface area contributed by atoms with Crippen molar-refractivity contribution in [1.82, 2.24) is 5.32 Å². The Bertz CT molecular complexity index is 875. The number of rotatable bonds is 3. The zero-order valence-electron chi connectivity index (χ0n) is 12.7. The Hall–Kier alpha value is -2.50. The SMILES string of the molecule is Cc1ccccc1N1C(=O)/C(=C/C(=O)c2ccc(Cl)cc2)NC1=S. The summed E-state index contributed by atoms with van der Waals surface area (Å²) in [5.41, 5.74) is 2.22. The summed E-state index contributed by atoms with van der Waals surface area (Å²) in [5.74, 6) is -0.645. The predicted molar refractivity (Wildman–Crippen MR) is 98.3 cm³/mol. The Morgan fingerprint density at radius 3 is 2.50 bits per heavy atom. The first kappa shape index (κ1) is 16.4. The van der Waals surface area contributed by atoms with E-state index >= 15 is 0 Å². The summed E-state index contributed by atoms with van der Waals surface area (Å²) in [4.78, 5) is 26.3. The molecule has 1 heterocycles. The summed E-state index contributed by atoms with van der Waals surface area (Å²) >= 11 is 11.1. The monoisotopic (exact) mass is 356 g/mol. The van der Waals surface area contributed by atoms with Gasteiger partial charge < -0.3 is 5.32 Å². The van der Waals surface area contributed by atoms with Crippen LogP contribution < -0.4 is 10.2 Å². The lowest BCUT2D eigenvalue weighted by Crippen LogP contribution is -2.30. The molecule has 2 aromatic carbocycles. The summed E-state index contributed by atoms with van der Waals surface area (Å²) in [6.45, 7) is 1.89. The van der Waals surface area contributed by atoms with Crippen molar-refractivity contribution in [3.05, 3.63) is 76.5 Å². The summed E-state index contributed by atoms with van der Waals surface area (Å²) in [6.07, 6.45) is 1.26. The molecule has 1 N–H and O–H groups in total. The van der Waals surface area contributed by atoms with Crippen LogP contribution in [0.3, 0.4) is 0 Å². The van der Waals surface area contributed by atoms with Crippen molar-refractivity contribution < 1.29 is 9.59 Å². The van der Waals surface area contributed by atoms with E-state index in [1.807, 2.05) is 31.2 Å². The van der Waals surface area contributed by atoms with Crippen LogP contribution >= 0.6 is 23.8 Å². The van der Waals surface area contributed by atoms with Gasteiger partial charge in [-0.1, -0.05) is 29.8 Å². The molecule has 1 amide bonds. The molecule has 3 rings (SSSR count). The first-order valence-corrected chi connectivity index (χ1v) is 7.98. The summed E-state index contributed by atoms with van der Waals surface area (Å²) in [6, 6.07) is 13.9. The molecule has 6 heteroatoms. The van der Waals surface area contributed by atoms with Crippen LogP contribution in [0.2, 0.25) is 5.02 Å². The number of hydrogen-bond donors (Lipinski definition) is 1. The highest BCUT2D eigenvalue weighted by Gasteiger charge is 2.33. The van der Waals surface area contributed by atoms with E-state index in [4.69, 9.17) is 23.8 Å². The Morgan fingerprint density at radius 2 is 1.83 bits per heavy atom. The minimum Gasteiger partial charge on any atom is -0.327 e. The van der Waals surface area contributed by atoms with E-state index in [0.29, 0.717) is 16.3 Å². The number of amides is 1. The summed E-state index contributed by atoms with van der Waals surface area (Å²) in [7, 11) is 0. The van der Waals surface area contributed by atoms with Crippen LogP contribution in [0.25, 0.3) is 0 Å². The maximum atomic E-state index is 12.6. The molecule has 0 aliphatic carbocycles. The molecule has 120 valence electrons. The second kappa shape index (κ2) is 6.55. The third-order valence-electron chi connectivity index (χ3n) is 3.64. The van der Waals surface area contributed by atoms with Crippen molar-refractivity contribution in [2.45, 2.75) is 6.92 Å². The van der Waals surface area contributed by atoms with E-state index in [9.17, 15) is 9.59 Å². The molecule has 24 heavy (non-hydrogen) atoms.